The first-order valence-electron chi connectivity index (χ1n) is 9.70. The number of pyridine rings is 1. The molecule has 1 N–H and O–H groups in total. The zero-order valence-corrected chi connectivity index (χ0v) is 16.9. The number of benzene rings is 3. The highest BCUT2D eigenvalue weighted by atomic mass is 16.5. The highest BCUT2D eigenvalue weighted by molar-refractivity contribution is 6.06. The molecule has 0 unspecified atom stereocenters. The van der Waals surface area contributed by atoms with E-state index in [2.05, 4.69) is 4.98 Å². The number of nitrogens with zero attached hydrogens (tertiary/aromatic N) is 1. The number of ether oxygens (including phenoxy) is 1. The maximum Gasteiger partial charge on any atom is 0.258 e. The lowest BCUT2D eigenvalue weighted by atomic mass is 10.1. The fourth-order valence-corrected chi connectivity index (χ4v) is 3.57. The summed E-state index contributed by atoms with van der Waals surface area (Å²) < 4.78 is 5.49. The Bertz CT molecular complexity index is 1260. The van der Waals surface area contributed by atoms with E-state index in [-0.39, 0.29) is 18.0 Å². The van der Waals surface area contributed by atoms with Crippen LogP contribution in [0.15, 0.2) is 83.7 Å². The molecule has 30 heavy (non-hydrogen) atoms. The molecule has 0 saturated heterocycles. The average Bonchev–Trinajstić information content (AvgIpc) is 2.78. The van der Waals surface area contributed by atoms with Crippen LogP contribution in [-0.4, -0.2) is 18.0 Å². The van der Waals surface area contributed by atoms with Crippen LogP contribution in [0, 0.1) is 6.92 Å². The Kier molecular flexibility index (Phi) is 5.35. The number of methoxy groups -OCH3 is 1. The van der Waals surface area contributed by atoms with Gasteiger partial charge in [-0.05, 0) is 48.2 Å². The Morgan fingerprint density at radius 1 is 0.967 bits per heavy atom. The number of H-pyrrole nitrogens is 1. The quantitative estimate of drug-likeness (QED) is 0.530. The predicted octanol–water partition coefficient (Wildman–Crippen LogP) is 4.69. The number of hydrogen-bond acceptors (Lipinski definition) is 3. The molecule has 1 aromatic heterocycles. The smallest absolute Gasteiger partial charge is 0.258 e. The number of aromatic nitrogens is 1. The monoisotopic (exact) mass is 398 g/mol. The summed E-state index contributed by atoms with van der Waals surface area (Å²) in [5.41, 5.74) is 3.25. The molecule has 0 radical (unpaired) electrons. The zero-order chi connectivity index (χ0) is 21.1. The van der Waals surface area contributed by atoms with Crippen molar-refractivity contribution in [2.75, 3.05) is 12.0 Å². The third-order valence-electron chi connectivity index (χ3n) is 5.14. The first-order chi connectivity index (χ1) is 14.6. The largest absolute Gasteiger partial charge is 0.495 e. The van der Waals surface area contributed by atoms with Gasteiger partial charge in [-0.15, -0.1) is 0 Å². The van der Waals surface area contributed by atoms with Crippen molar-refractivity contribution >= 4 is 22.5 Å². The van der Waals surface area contributed by atoms with Gasteiger partial charge in [0.25, 0.3) is 11.5 Å². The Morgan fingerprint density at radius 2 is 1.70 bits per heavy atom. The molecule has 3 aromatic carbocycles. The molecule has 5 nitrogen and oxygen atoms in total. The van der Waals surface area contributed by atoms with Gasteiger partial charge in [-0.25, -0.2) is 0 Å². The third-order valence-corrected chi connectivity index (χ3v) is 5.14. The van der Waals surface area contributed by atoms with Crippen LogP contribution < -0.4 is 15.2 Å². The molecule has 1 amide bonds. The second-order valence-electron chi connectivity index (χ2n) is 7.09. The van der Waals surface area contributed by atoms with Gasteiger partial charge in [0.2, 0.25) is 0 Å². The Morgan fingerprint density at radius 3 is 2.47 bits per heavy atom. The van der Waals surface area contributed by atoms with Crippen LogP contribution in [0.2, 0.25) is 0 Å². The molecule has 4 aromatic rings. The van der Waals surface area contributed by atoms with Gasteiger partial charge in [-0.1, -0.05) is 48.5 Å². The number of carbonyl (C=O) groups excluding carboxylic acids is 1. The molecule has 0 spiro atoms. The second kappa shape index (κ2) is 8.25. The number of hydrogen-bond donors (Lipinski definition) is 1. The third kappa shape index (κ3) is 3.70. The van der Waals surface area contributed by atoms with E-state index < -0.39 is 0 Å². The van der Waals surface area contributed by atoms with E-state index in [1.165, 1.54) is 0 Å². The van der Waals surface area contributed by atoms with Crippen LogP contribution >= 0.6 is 0 Å². The lowest BCUT2D eigenvalue weighted by molar-refractivity contribution is 0.0984. The lowest BCUT2D eigenvalue weighted by Gasteiger charge is -2.25. The van der Waals surface area contributed by atoms with Crippen molar-refractivity contribution in [3.63, 3.8) is 0 Å². The zero-order valence-electron chi connectivity index (χ0n) is 16.9. The maximum absolute atomic E-state index is 13.4. The minimum atomic E-state index is -0.211. The molecule has 150 valence electrons. The molecule has 0 aliphatic carbocycles. The van der Waals surface area contributed by atoms with Crippen LogP contribution in [0.4, 0.5) is 5.69 Å². The van der Waals surface area contributed by atoms with Crippen molar-refractivity contribution in [3.8, 4) is 5.75 Å². The van der Waals surface area contributed by atoms with Crippen molar-refractivity contribution < 1.29 is 9.53 Å². The Balaban J connectivity index is 1.83. The highest BCUT2D eigenvalue weighted by Gasteiger charge is 2.22. The van der Waals surface area contributed by atoms with E-state index in [4.69, 9.17) is 4.74 Å². The summed E-state index contributed by atoms with van der Waals surface area (Å²) in [6, 6.07) is 24.0. The normalized spacial score (nSPS) is 10.7. The van der Waals surface area contributed by atoms with E-state index in [1.54, 1.807) is 30.2 Å². The van der Waals surface area contributed by atoms with E-state index in [0.29, 0.717) is 22.6 Å². The van der Waals surface area contributed by atoms with Crippen molar-refractivity contribution in [1.82, 2.24) is 4.98 Å². The van der Waals surface area contributed by atoms with E-state index >= 15 is 0 Å². The van der Waals surface area contributed by atoms with Gasteiger partial charge in [-0.3, -0.25) is 9.59 Å². The number of aryl methyl sites for hydroxylation is 1. The van der Waals surface area contributed by atoms with Gasteiger partial charge in [-0.2, -0.15) is 0 Å². The number of carbonyl (C=O) groups is 1. The molecule has 1 heterocycles. The number of anilines is 1. The summed E-state index contributed by atoms with van der Waals surface area (Å²) in [6.07, 6.45) is 0. The first-order valence-corrected chi connectivity index (χ1v) is 9.70. The number of nitrogens with one attached hydrogen (secondary N) is 1. The van der Waals surface area contributed by atoms with Crippen molar-refractivity contribution in [2.24, 2.45) is 0 Å². The Labute approximate surface area is 174 Å². The van der Waals surface area contributed by atoms with Gasteiger partial charge >= 0.3 is 0 Å². The minimum Gasteiger partial charge on any atom is -0.495 e. The molecule has 0 aliphatic rings. The van der Waals surface area contributed by atoms with Crippen LogP contribution in [0.25, 0.3) is 10.9 Å². The van der Waals surface area contributed by atoms with Crippen molar-refractivity contribution in [2.45, 2.75) is 13.5 Å². The fourth-order valence-electron chi connectivity index (χ4n) is 3.57. The molecule has 4 rings (SSSR count). The van der Waals surface area contributed by atoms with Gasteiger partial charge in [0.05, 0.1) is 24.9 Å². The van der Waals surface area contributed by atoms with E-state index in [0.717, 1.165) is 16.5 Å². The number of aromatic amines is 1. The lowest BCUT2D eigenvalue weighted by Crippen LogP contribution is -2.33. The fraction of sp³-hybridized carbons (Fsp3) is 0.120. The summed E-state index contributed by atoms with van der Waals surface area (Å²) >= 11 is 0. The number of para-hydroxylation sites is 3. The second-order valence-corrected chi connectivity index (χ2v) is 7.09. The number of rotatable bonds is 5. The van der Waals surface area contributed by atoms with Gasteiger partial charge in [0, 0.05) is 11.1 Å². The predicted molar refractivity (Wildman–Crippen MR) is 119 cm³/mol. The Hall–Kier alpha value is -3.86. The molecule has 0 saturated carbocycles. The first kappa shape index (κ1) is 19.5. The topological polar surface area (TPSA) is 62.4 Å². The van der Waals surface area contributed by atoms with Crippen LogP contribution in [0.3, 0.4) is 0 Å². The van der Waals surface area contributed by atoms with Crippen LogP contribution in [0.1, 0.15) is 21.5 Å². The van der Waals surface area contributed by atoms with Crippen LogP contribution in [0.5, 0.6) is 5.75 Å². The molecule has 0 fully saturated rings. The van der Waals surface area contributed by atoms with Gasteiger partial charge in [0.15, 0.2) is 0 Å². The summed E-state index contributed by atoms with van der Waals surface area (Å²) in [7, 11) is 1.57. The molecular formula is C25H22N2O3. The maximum atomic E-state index is 13.4. The van der Waals surface area contributed by atoms with E-state index in [9.17, 15) is 9.59 Å². The summed E-state index contributed by atoms with van der Waals surface area (Å²) in [4.78, 5) is 30.8. The number of fused-ring (bicyclic) bond motifs is 1. The SMILES string of the molecule is COc1ccccc1N(Cc1cc2cccc(C)c2[nH]c1=O)C(=O)c1ccccc1. The molecule has 0 aliphatic heterocycles. The number of amides is 1. The molecule has 0 bridgehead atoms. The minimum absolute atomic E-state index is 0.118. The van der Waals surface area contributed by atoms with Crippen molar-refractivity contribution in [1.29, 1.82) is 0 Å². The summed E-state index contributed by atoms with van der Waals surface area (Å²) in [6.45, 7) is 2.07. The summed E-state index contributed by atoms with van der Waals surface area (Å²) in [5, 5.41) is 0.928. The molecule has 5 heteroatoms. The molecule has 0 atom stereocenters. The summed E-state index contributed by atoms with van der Waals surface area (Å²) in [5.74, 6) is 0.360. The standard InChI is InChI=1S/C25H22N2O3/c1-17-9-8-12-19-15-20(24(28)26-23(17)19)16-27(21-13-6-7-14-22(21)30-2)25(29)18-10-4-3-5-11-18/h3-15H,16H2,1-2H3,(H,26,28). The van der Waals surface area contributed by atoms with E-state index in [1.807, 2.05) is 67.6 Å². The van der Waals surface area contributed by atoms with Crippen LogP contribution in [-0.2, 0) is 6.54 Å². The van der Waals surface area contributed by atoms with Gasteiger partial charge in [0.1, 0.15) is 5.75 Å². The van der Waals surface area contributed by atoms with Crippen molar-refractivity contribution in [3.05, 3.63) is 106 Å². The molecular weight excluding hydrogens is 376 g/mol. The highest BCUT2D eigenvalue weighted by Crippen LogP contribution is 2.30. The van der Waals surface area contributed by atoms with Gasteiger partial charge < -0.3 is 14.6 Å². The average molecular weight is 398 g/mol.